The summed E-state index contributed by atoms with van der Waals surface area (Å²) in [5.41, 5.74) is 4.91. The molecular formula is C18H19NO2S. The number of amides is 1. The van der Waals surface area contributed by atoms with Crippen LogP contribution in [0.5, 0.6) is 0 Å². The van der Waals surface area contributed by atoms with Crippen LogP contribution in [0.1, 0.15) is 24.0 Å². The number of fused-ring (bicyclic) bond motifs is 3. The van der Waals surface area contributed by atoms with Crippen molar-refractivity contribution in [2.24, 2.45) is 0 Å². The molecule has 0 saturated heterocycles. The molecule has 114 valence electrons. The third-order valence-corrected chi connectivity index (χ3v) is 4.07. The van der Waals surface area contributed by atoms with Crippen molar-refractivity contribution in [3.63, 3.8) is 0 Å². The number of ether oxygens (including phenoxy) is 1. The van der Waals surface area contributed by atoms with Gasteiger partial charge >= 0.3 is 6.09 Å². The lowest BCUT2D eigenvalue weighted by atomic mass is 9.98. The molecular weight excluding hydrogens is 294 g/mol. The highest BCUT2D eigenvalue weighted by Gasteiger charge is 2.28. The van der Waals surface area contributed by atoms with E-state index >= 15 is 0 Å². The summed E-state index contributed by atoms with van der Waals surface area (Å²) in [5, 5.41) is 2.83. The monoisotopic (exact) mass is 313 g/mol. The van der Waals surface area contributed by atoms with Gasteiger partial charge in [0.15, 0.2) is 0 Å². The summed E-state index contributed by atoms with van der Waals surface area (Å²) in [5.74, 6) is 0.103. The van der Waals surface area contributed by atoms with Gasteiger partial charge in [0.2, 0.25) is 0 Å². The van der Waals surface area contributed by atoms with Crippen LogP contribution in [0, 0.1) is 0 Å². The Hall–Kier alpha value is -1.94. The molecule has 4 heteroatoms. The topological polar surface area (TPSA) is 38.3 Å². The second-order valence-corrected chi connectivity index (χ2v) is 6.44. The Kier molecular flexibility index (Phi) is 4.39. The van der Waals surface area contributed by atoms with E-state index in [1.54, 1.807) is 0 Å². The van der Waals surface area contributed by atoms with Gasteiger partial charge in [0.25, 0.3) is 0 Å². The predicted octanol–water partition coefficient (Wildman–Crippen LogP) is 3.84. The van der Waals surface area contributed by atoms with Gasteiger partial charge in [-0.05, 0) is 22.3 Å². The minimum Gasteiger partial charge on any atom is -0.449 e. The zero-order chi connectivity index (χ0) is 15.5. The molecule has 0 spiro atoms. The summed E-state index contributed by atoms with van der Waals surface area (Å²) in [6.45, 7) is 2.77. The number of rotatable bonds is 4. The van der Waals surface area contributed by atoms with Crippen LogP contribution < -0.4 is 5.32 Å². The Morgan fingerprint density at radius 3 is 2.23 bits per heavy atom. The summed E-state index contributed by atoms with van der Waals surface area (Å²) in [6, 6.07) is 16.6. The summed E-state index contributed by atoms with van der Waals surface area (Å²) in [7, 11) is 0. The highest BCUT2D eigenvalue weighted by Crippen LogP contribution is 2.44. The Balaban J connectivity index is 1.75. The number of nitrogens with one attached hydrogen (secondary N) is 1. The van der Waals surface area contributed by atoms with Gasteiger partial charge in [0.05, 0.1) is 0 Å². The van der Waals surface area contributed by atoms with Gasteiger partial charge in [-0.1, -0.05) is 55.5 Å². The van der Waals surface area contributed by atoms with Gasteiger partial charge < -0.3 is 10.1 Å². The lowest BCUT2D eigenvalue weighted by molar-refractivity contribution is 0.143. The fourth-order valence-corrected chi connectivity index (χ4v) is 2.97. The molecule has 0 aromatic heterocycles. The molecule has 0 heterocycles. The largest absolute Gasteiger partial charge is 0.449 e. The van der Waals surface area contributed by atoms with Crippen LogP contribution in [0.25, 0.3) is 11.1 Å². The van der Waals surface area contributed by atoms with E-state index in [-0.39, 0.29) is 17.3 Å². The average molecular weight is 313 g/mol. The molecule has 2 aromatic carbocycles. The number of carbonyl (C=O) groups is 1. The molecule has 3 rings (SSSR count). The van der Waals surface area contributed by atoms with E-state index in [0.717, 1.165) is 0 Å². The standard InChI is InChI=1S/C18H19NO2S/c1-12(22)10-19-18(20)21-11-17-15-8-4-2-6-13(15)14-7-3-5-9-16(14)17/h2-9,12,17,22H,10-11H2,1H3,(H,19,20)/t12-/m1/s1. The fraction of sp³-hybridized carbons (Fsp3) is 0.278. The van der Waals surface area contributed by atoms with Crippen molar-refractivity contribution in [2.45, 2.75) is 18.1 Å². The number of hydrogen-bond acceptors (Lipinski definition) is 3. The van der Waals surface area contributed by atoms with Crippen molar-refractivity contribution in [2.75, 3.05) is 13.2 Å². The minimum atomic E-state index is -0.386. The van der Waals surface area contributed by atoms with Crippen molar-refractivity contribution < 1.29 is 9.53 Å². The first-order chi connectivity index (χ1) is 10.7. The summed E-state index contributed by atoms with van der Waals surface area (Å²) < 4.78 is 5.41. The first kappa shape index (κ1) is 15.0. The number of alkyl carbamates (subject to hydrolysis) is 1. The molecule has 0 radical (unpaired) electrons. The molecule has 0 unspecified atom stereocenters. The zero-order valence-electron chi connectivity index (χ0n) is 12.5. The van der Waals surface area contributed by atoms with Gasteiger partial charge in [-0.25, -0.2) is 4.79 Å². The maximum absolute atomic E-state index is 11.8. The van der Waals surface area contributed by atoms with Crippen LogP contribution in [0.4, 0.5) is 4.79 Å². The first-order valence-electron chi connectivity index (χ1n) is 7.43. The maximum Gasteiger partial charge on any atom is 0.407 e. The Bertz CT molecular complexity index is 639. The van der Waals surface area contributed by atoms with Gasteiger partial charge in [0.1, 0.15) is 6.61 Å². The Morgan fingerprint density at radius 2 is 1.68 bits per heavy atom. The number of benzene rings is 2. The summed E-state index contributed by atoms with van der Waals surface area (Å²) in [6.07, 6.45) is -0.386. The quantitative estimate of drug-likeness (QED) is 0.842. The minimum absolute atomic E-state index is 0.103. The second kappa shape index (κ2) is 6.44. The molecule has 22 heavy (non-hydrogen) atoms. The molecule has 1 N–H and O–H groups in total. The van der Waals surface area contributed by atoms with Crippen LogP contribution in [-0.2, 0) is 4.74 Å². The van der Waals surface area contributed by atoms with E-state index in [2.05, 4.69) is 42.2 Å². The molecule has 2 aromatic rings. The average Bonchev–Trinajstić information content (AvgIpc) is 2.85. The van der Waals surface area contributed by atoms with E-state index in [1.165, 1.54) is 22.3 Å². The smallest absolute Gasteiger partial charge is 0.407 e. The number of carbonyl (C=O) groups excluding carboxylic acids is 1. The highest BCUT2D eigenvalue weighted by molar-refractivity contribution is 7.80. The molecule has 1 amide bonds. The second-order valence-electron chi connectivity index (χ2n) is 5.56. The SMILES string of the molecule is C[C@@H](S)CNC(=O)OCC1c2ccccc2-c2ccccc21. The van der Waals surface area contributed by atoms with Crippen LogP contribution in [0.3, 0.4) is 0 Å². The third-order valence-electron chi connectivity index (χ3n) is 3.89. The van der Waals surface area contributed by atoms with Crippen molar-refractivity contribution >= 4 is 18.7 Å². The van der Waals surface area contributed by atoms with Crippen LogP contribution >= 0.6 is 12.6 Å². The van der Waals surface area contributed by atoms with E-state index in [1.807, 2.05) is 31.2 Å². The molecule has 1 aliphatic rings. The Morgan fingerprint density at radius 1 is 1.14 bits per heavy atom. The molecule has 1 aliphatic carbocycles. The molecule has 0 saturated carbocycles. The normalized spacial score (nSPS) is 14.1. The van der Waals surface area contributed by atoms with Crippen LogP contribution in [-0.4, -0.2) is 24.5 Å². The molecule has 0 fully saturated rings. The predicted molar refractivity (Wildman–Crippen MR) is 91.5 cm³/mol. The van der Waals surface area contributed by atoms with Crippen LogP contribution in [0.15, 0.2) is 48.5 Å². The van der Waals surface area contributed by atoms with Crippen molar-refractivity contribution in [3.05, 3.63) is 59.7 Å². The fourth-order valence-electron chi connectivity index (χ4n) is 2.88. The van der Waals surface area contributed by atoms with Gasteiger partial charge in [-0.2, -0.15) is 12.6 Å². The van der Waals surface area contributed by atoms with Gasteiger partial charge in [-0.3, -0.25) is 0 Å². The molecule has 0 bridgehead atoms. The lowest BCUT2D eigenvalue weighted by Gasteiger charge is -2.15. The molecule has 3 nitrogen and oxygen atoms in total. The number of thiol groups is 1. The van der Waals surface area contributed by atoms with E-state index in [4.69, 9.17) is 4.74 Å². The first-order valence-corrected chi connectivity index (χ1v) is 7.95. The number of hydrogen-bond donors (Lipinski definition) is 2. The Labute approximate surface area is 136 Å². The van der Waals surface area contributed by atoms with Crippen molar-refractivity contribution in [1.29, 1.82) is 0 Å². The highest BCUT2D eigenvalue weighted by atomic mass is 32.1. The van der Waals surface area contributed by atoms with Crippen LogP contribution in [0.2, 0.25) is 0 Å². The zero-order valence-corrected chi connectivity index (χ0v) is 13.3. The van der Waals surface area contributed by atoms with Gasteiger partial charge in [0, 0.05) is 17.7 Å². The van der Waals surface area contributed by atoms with Crippen molar-refractivity contribution in [1.82, 2.24) is 5.32 Å². The summed E-state index contributed by atoms with van der Waals surface area (Å²) >= 11 is 4.23. The van der Waals surface area contributed by atoms with E-state index < -0.39 is 0 Å². The maximum atomic E-state index is 11.8. The van der Waals surface area contributed by atoms with Crippen molar-refractivity contribution in [3.8, 4) is 11.1 Å². The van der Waals surface area contributed by atoms with E-state index in [9.17, 15) is 4.79 Å². The molecule has 0 aliphatic heterocycles. The van der Waals surface area contributed by atoms with E-state index in [0.29, 0.717) is 13.2 Å². The lowest BCUT2D eigenvalue weighted by Crippen LogP contribution is -2.30. The van der Waals surface area contributed by atoms with Gasteiger partial charge in [-0.15, -0.1) is 0 Å². The summed E-state index contributed by atoms with van der Waals surface area (Å²) in [4.78, 5) is 11.8. The third kappa shape index (κ3) is 2.97. The molecule has 1 atom stereocenters.